The van der Waals surface area contributed by atoms with E-state index in [1.807, 2.05) is 4.90 Å². The highest BCUT2D eigenvalue weighted by Crippen LogP contribution is 2.37. The van der Waals surface area contributed by atoms with E-state index in [4.69, 9.17) is 101 Å². The highest BCUT2D eigenvalue weighted by Gasteiger charge is 2.54. The molecule has 50 heteroatoms. The molecular weight excluding hydrogens is 1710 g/mol. The Hall–Kier alpha value is -2.76. The number of hydrogen-bond donors (Lipinski definition) is 33. The monoisotopic (exact) mass is 1840 g/mol. The van der Waals surface area contributed by atoms with E-state index in [0.29, 0.717) is 71.2 Å². The van der Waals surface area contributed by atoms with Gasteiger partial charge in [-0.25, -0.2) is 0 Å². The van der Waals surface area contributed by atoms with Gasteiger partial charge in [0.1, 0.15) is 103 Å². The van der Waals surface area contributed by atoms with Gasteiger partial charge < -0.3 is 227 Å². The molecule has 714 valence electrons. The average Bonchev–Trinajstić information content (AvgIpc) is 0.787. The Morgan fingerprint density at radius 1 is 0.369 bits per heavy atom. The van der Waals surface area contributed by atoms with Crippen LogP contribution < -0.4 is 42.5 Å². The summed E-state index contributed by atoms with van der Waals surface area (Å²) >= 11 is 22.8. The summed E-state index contributed by atoms with van der Waals surface area (Å²) < 4.78 is 64.0. The van der Waals surface area contributed by atoms with Crippen molar-refractivity contribution in [2.24, 2.45) is 29.6 Å². The summed E-state index contributed by atoms with van der Waals surface area (Å²) in [6.45, 7) is 0.753. The molecule has 12 heterocycles. The summed E-state index contributed by atoms with van der Waals surface area (Å²) in [5.41, 5.74) is -2.21. The van der Waals surface area contributed by atoms with E-state index < -0.39 is 272 Å². The third-order valence-corrected chi connectivity index (χ3v) is 23.7. The first-order valence-electron chi connectivity index (χ1n) is 41.1. The van der Waals surface area contributed by atoms with Crippen LogP contribution in [0, 0.1) is 29.6 Å². The Morgan fingerprint density at radius 3 is 1.00 bits per heavy atom. The molecule has 8 bridgehead atoms. The molecule has 12 aliphatic heterocycles. The van der Waals surface area contributed by atoms with Gasteiger partial charge in [-0.05, 0) is 81.6 Å². The smallest absolute Gasteiger partial charge is 0.186 e. The lowest BCUT2D eigenvalue weighted by Crippen LogP contribution is -2.64. The lowest BCUT2D eigenvalue weighted by Gasteiger charge is -2.47. The molecule has 33 N–H and O–H groups in total. The Bertz CT molecular complexity index is 2800. The SMILES string of the molecule is CC(CO)[C@H](O)C(O)[C@@H](O)[C@@H](O)OCC(CO[C@H](O)C(O)[C@@H](O)[C@@H](O)C(C)CO)(CO[C@H](O)[C@H](O)C(O)[C@@H](O)C(C)CO)NC(=S)NCCN(C)CCNC(=S)NCCN(CCNC(=S)NCC1O[C@H]2OC3C(CO)O[C@@H](OCCCCC1C(O)C2O)C(O)C3O)CCNC(=S)NCC1O[C@H]2OC3C(CO)O[C@@H](OCCCCC1C(O)C2O)C(O)C3O. The third-order valence-electron chi connectivity index (χ3n) is 22.5. The molecule has 122 heavy (non-hydrogen) atoms. The molecule has 0 aliphatic carbocycles. The Kier molecular flexibility index (Phi) is 47.9. The molecule has 0 radical (unpaired) electrons. The zero-order valence-corrected chi connectivity index (χ0v) is 72.0. The van der Waals surface area contributed by atoms with Gasteiger partial charge in [-0.15, -0.1) is 0 Å². The molecule has 0 aromatic carbocycles. The van der Waals surface area contributed by atoms with Crippen LogP contribution in [0.4, 0.5) is 0 Å². The van der Waals surface area contributed by atoms with Crippen LogP contribution in [-0.2, 0) is 52.1 Å². The van der Waals surface area contributed by atoms with Gasteiger partial charge in [0.15, 0.2) is 64.5 Å². The highest BCUT2D eigenvalue weighted by atomic mass is 32.1. The topological polar surface area (TPSA) is 710 Å². The van der Waals surface area contributed by atoms with Crippen molar-refractivity contribution in [3.05, 3.63) is 0 Å². The zero-order chi connectivity index (χ0) is 90.4. The van der Waals surface area contributed by atoms with Crippen molar-refractivity contribution in [1.29, 1.82) is 0 Å². The molecule has 22 unspecified atom stereocenters. The van der Waals surface area contributed by atoms with Crippen molar-refractivity contribution in [1.82, 2.24) is 52.3 Å². The number of aliphatic hydroxyl groups is 25. The molecule has 0 amide bonds. The van der Waals surface area contributed by atoms with E-state index in [9.17, 15) is 128 Å². The summed E-state index contributed by atoms with van der Waals surface area (Å²) in [5.74, 6) is -4.35. The molecule has 12 rings (SSSR count). The minimum absolute atomic E-state index is 0.0113. The predicted molar refractivity (Wildman–Crippen MR) is 438 cm³/mol. The van der Waals surface area contributed by atoms with Crippen molar-refractivity contribution >= 4 is 69.3 Å². The van der Waals surface area contributed by atoms with Crippen molar-refractivity contribution in [3.8, 4) is 0 Å². The number of nitrogens with zero attached hydrogens (tertiary/aromatic N) is 2. The number of likely N-dealkylation sites (N-methyl/N-ethyl adjacent to an activating group) is 1. The van der Waals surface area contributed by atoms with Crippen LogP contribution in [0.25, 0.3) is 0 Å². The maximum Gasteiger partial charge on any atom is 0.186 e. The molecule has 0 spiro atoms. The first-order chi connectivity index (χ1) is 57.9. The van der Waals surface area contributed by atoms with Gasteiger partial charge >= 0.3 is 0 Å². The molecule has 46 nitrogen and oxygen atoms in total. The van der Waals surface area contributed by atoms with E-state index in [0.717, 1.165) is 0 Å². The quantitative estimate of drug-likeness (QED) is 0.0199. The Labute approximate surface area is 728 Å². The molecule has 0 saturated carbocycles. The third kappa shape index (κ3) is 32.1. The summed E-state index contributed by atoms with van der Waals surface area (Å²) in [4.78, 5) is 3.90. The average molecular weight is 1850 g/mol. The van der Waals surface area contributed by atoms with E-state index in [1.54, 1.807) is 7.05 Å². The Morgan fingerprint density at radius 2 is 0.672 bits per heavy atom. The van der Waals surface area contributed by atoms with Crippen LogP contribution >= 0.6 is 48.9 Å². The van der Waals surface area contributed by atoms with Crippen molar-refractivity contribution < 1.29 is 180 Å². The standard InChI is InChI=1S/C72H136N10O36S4/c1-33(25-83)42(88)47(93)52(98)61(105)110-30-72(31-111-62(106)53(99)48(94)43(89)34(2)26-84,32-112-63(107)54(100)49(95)44(90)35(3)27-85)80-71(122)77-12-17-81(4)16-11-73-68(119)74-13-18-82(19-14-75-69(120)78-23-38-36-9-5-7-21-108-64-57(103)50(96)59(40(28-86)115-64)117-66(113-38)55(101)45(36)91)20-15-76-70(121)79-24-39-37-10-6-8-22-109-65-58(104)51(97)60(41(29-87)116-65)118-67(114-39)56(102)46(37)92/h33-67,83-107H,5-32H2,1-4H3,(H2,73,74,119)(H2,75,78,120)(H2,76,79,121)(H2,77,80,122)/t33?,34?,35?,36?,37?,38?,39?,40?,41?,42-,43-,44-,45?,46?,47-,48?,49?,50?,51?,52?,53+,54+,55?,56?,57?,58?,59?,60?,61-,62-,63-,64+,65+,66-,67-,72?/m0/s1. The van der Waals surface area contributed by atoms with Crippen LogP contribution in [0.1, 0.15) is 59.3 Å². The summed E-state index contributed by atoms with van der Waals surface area (Å²) in [5, 5.41) is 293. The van der Waals surface area contributed by atoms with Crippen LogP contribution in [0.5, 0.6) is 0 Å². The van der Waals surface area contributed by atoms with Crippen LogP contribution in [0.2, 0.25) is 0 Å². The molecule has 0 aromatic heterocycles. The Balaban J connectivity index is 1.09. The van der Waals surface area contributed by atoms with Gasteiger partial charge in [0.25, 0.3) is 0 Å². The van der Waals surface area contributed by atoms with Crippen molar-refractivity contribution in [2.45, 2.75) is 249 Å². The summed E-state index contributed by atoms with van der Waals surface area (Å²) in [7, 11) is 1.75. The van der Waals surface area contributed by atoms with Crippen LogP contribution in [-0.4, -0.2) is 500 Å². The normalized spacial score (nSPS) is 32.9. The fourth-order valence-corrected chi connectivity index (χ4v) is 15.3. The van der Waals surface area contributed by atoms with E-state index in [1.165, 1.54) is 20.8 Å². The van der Waals surface area contributed by atoms with Gasteiger partial charge in [-0.3, -0.25) is 4.90 Å². The van der Waals surface area contributed by atoms with Crippen LogP contribution in [0.3, 0.4) is 0 Å². The van der Waals surface area contributed by atoms with Crippen molar-refractivity contribution in [3.63, 3.8) is 0 Å². The largest absolute Gasteiger partial charge is 0.396 e. The number of hydrogen-bond acceptors (Lipinski definition) is 42. The van der Waals surface area contributed by atoms with Gasteiger partial charge in [-0.1, -0.05) is 33.6 Å². The van der Waals surface area contributed by atoms with Gasteiger partial charge in [0.2, 0.25) is 0 Å². The lowest BCUT2D eigenvalue weighted by molar-refractivity contribution is -0.355. The number of rotatable bonds is 46. The number of ether oxygens (including phenoxy) is 11. The van der Waals surface area contributed by atoms with Gasteiger partial charge in [0.05, 0.1) is 75.8 Å². The molecular formula is C72H136N10O36S4. The first kappa shape index (κ1) is 108. The summed E-state index contributed by atoms with van der Waals surface area (Å²) in [6.07, 6.45) is -48.2. The highest BCUT2D eigenvalue weighted by molar-refractivity contribution is 7.80. The van der Waals surface area contributed by atoms with E-state index in [2.05, 4.69) is 47.4 Å². The fourth-order valence-electron chi connectivity index (χ4n) is 14.4. The number of nitrogens with one attached hydrogen (secondary N) is 8. The van der Waals surface area contributed by atoms with Gasteiger partial charge in [-0.2, -0.15) is 0 Å². The van der Waals surface area contributed by atoms with Crippen LogP contribution in [0.15, 0.2) is 0 Å². The molecule has 12 aliphatic rings. The predicted octanol–water partition coefficient (Wildman–Crippen LogP) is -14.9. The van der Waals surface area contributed by atoms with Gasteiger partial charge in [0, 0.05) is 141 Å². The molecule has 12 saturated heterocycles. The second-order valence-electron chi connectivity index (χ2n) is 32.0. The number of aliphatic hydroxyl groups excluding tert-OH is 25. The lowest BCUT2D eigenvalue weighted by atomic mass is 9.84. The molecule has 12 fully saturated rings. The minimum atomic E-state index is -2.41. The summed E-state index contributed by atoms with van der Waals surface area (Å²) in [6, 6.07) is 0. The maximum absolute atomic E-state index is 11.5. The van der Waals surface area contributed by atoms with Crippen molar-refractivity contribution in [2.75, 3.05) is 152 Å². The van der Waals surface area contributed by atoms with E-state index in [-0.39, 0.29) is 79.5 Å². The second-order valence-corrected chi connectivity index (χ2v) is 33.6. The maximum atomic E-state index is 11.5. The first-order valence-corrected chi connectivity index (χ1v) is 42.7. The molecule has 35 atom stereocenters. The molecule has 0 aromatic rings. The zero-order valence-electron chi connectivity index (χ0n) is 68.7. The minimum Gasteiger partial charge on any atom is -0.396 e. The number of thiocarbonyl (C=S) groups is 4. The fraction of sp³-hybridized carbons (Fsp3) is 0.944. The second kappa shape index (κ2) is 54.2. The van der Waals surface area contributed by atoms with E-state index >= 15 is 0 Å².